The lowest BCUT2D eigenvalue weighted by atomic mass is 9.95. The van der Waals surface area contributed by atoms with E-state index in [1.165, 1.54) is 0 Å². The van der Waals surface area contributed by atoms with Gasteiger partial charge in [0.1, 0.15) is 11.5 Å². The van der Waals surface area contributed by atoms with E-state index in [4.69, 9.17) is 0 Å². The van der Waals surface area contributed by atoms with Crippen LogP contribution in [0.3, 0.4) is 0 Å². The molecule has 4 rings (SSSR count). The lowest BCUT2D eigenvalue weighted by Gasteiger charge is -2.31. The fraction of sp³-hybridized carbons (Fsp3) is 0.500. The van der Waals surface area contributed by atoms with Crippen LogP contribution in [0.25, 0.3) is 5.65 Å². The van der Waals surface area contributed by atoms with Crippen molar-refractivity contribution in [2.24, 2.45) is 0 Å². The van der Waals surface area contributed by atoms with Crippen molar-refractivity contribution in [2.45, 2.75) is 52.0 Å². The van der Waals surface area contributed by atoms with Gasteiger partial charge >= 0.3 is 0 Å². The molecule has 7 heteroatoms. The molecular weight excluding hydrogens is 340 g/mol. The molecule has 1 fully saturated rings. The third-order valence-electron chi connectivity index (χ3n) is 5.40. The molecule has 0 radical (unpaired) electrons. The third kappa shape index (κ3) is 3.22. The van der Waals surface area contributed by atoms with E-state index in [0.29, 0.717) is 24.1 Å². The van der Waals surface area contributed by atoms with E-state index in [2.05, 4.69) is 33.5 Å². The molecule has 1 saturated heterocycles. The number of hydrogen-bond donors (Lipinski definition) is 0. The normalized spacial score (nSPS) is 15.8. The topological polar surface area (TPSA) is 68.3 Å². The molecule has 7 nitrogen and oxygen atoms in total. The molecule has 0 saturated carbocycles. The number of piperidine rings is 1. The monoisotopic (exact) mass is 366 g/mol. The van der Waals surface area contributed by atoms with Crippen molar-refractivity contribution in [3.05, 3.63) is 47.7 Å². The number of fused-ring (bicyclic) bond motifs is 1. The maximum atomic E-state index is 13.1. The molecule has 0 aromatic carbocycles. The molecule has 0 bridgehead atoms. The van der Waals surface area contributed by atoms with Gasteiger partial charge in [-0.05, 0) is 43.9 Å². The molecule has 0 N–H and O–H groups in total. The van der Waals surface area contributed by atoms with Gasteiger partial charge in [-0.2, -0.15) is 5.10 Å². The van der Waals surface area contributed by atoms with Crippen LogP contribution >= 0.6 is 0 Å². The van der Waals surface area contributed by atoms with Crippen molar-refractivity contribution in [2.75, 3.05) is 13.1 Å². The second-order valence-corrected chi connectivity index (χ2v) is 7.48. The second kappa shape index (κ2) is 7.13. The van der Waals surface area contributed by atoms with E-state index in [1.807, 2.05) is 47.0 Å². The summed E-state index contributed by atoms with van der Waals surface area (Å²) in [5, 5.41) is 13.2. The number of rotatable bonds is 4. The Balaban J connectivity index is 1.48. The number of nitrogens with zero attached hydrogens (tertiary/aromatic N) is 6. The SMILES string of the molecule is CCn1nc(C(C)C)cc1C(=O)N1CCC(c2nnc3ccccn23)CC1. The van der Waals surface area contributed by atoms with Crippen LogP contribution in [0.4, 0.5) is 0 Å². The van der Waals surface area contributed by atoms with Gasteiger partial charge in [0.2, 0.25) is 0 Å². The van der Waals surface area contributed by atoms with Gasteiger partial charge in [0.15, 0.2) is 5.65 Å². The van der Waals surface area contributed by atoms with Gasteiger partial charge in [-0.15, -0.1) is 10.2 Å². The number of aromatic nitrogens is 5. The van der Waals surface area contributed by atoms with Crippen LogP contribution in [0, 0.1) is 0 Å². The summed E-state index contributed by atoms with van der Waals surface area (Å²) in [7, 11) is 0. The molecule has 3 aromatic rings. The van der Waals surface area contributed by atoms with E-state index in [-0.39, 0.29) is 5.91 Å². The Labute approximate surface area is 159 Å². The van der Waals surface area contributed by atoms with Gasteiger partial charge in [-0.25, -0.2) is 0 Å². The van der Waals surface area contributed by atoms with Gasteiger partial charge in [0.05, 0.1) is 5.69 Å². The van der Waals surface area contributed by atoms with E-state index in [1.54, 1.807) is 0 Å². The van der Waals surface area contributed by atoms with Crippen LogP contribution in [-0.2, 0) is 6.54 Å². The quantitative estimate of drug-likeness (QED) is 0.711. The van der Waals surface area contributed by atoms with Crippen LogP contribution in [0.5, 0.6) is 0 Å². The minimum Gasteiger partial charge on any atom is -0.337 e. The van der Waals surface area contributed by atoms with E-state index in [9.17, 15) is 4.79 Å². The molecular formula is C20H26N6O. The van der Waals surface area contributed by atoms with E-state index in [0.717, 1.165) is 43.1 Å². The molecule has 1 amide bonds. The molecule has 142 valence electrons. The highest BCUT2D eigenvalue weighted by atomic mass is 16.2. The Bertz CT molecular complexity index is 948. The number of carbonyl (C=O) groups is 1. The number of hydrogen-bond acceptors (Lipinski definition) is 4. The molecule has 1 aliphatic heterocycles. The van der Waals surface area contributed by atoms with Crippen molar-refractivity contribution < 1.29 is 4.79 Å². The fourth-order valence-corrected chi connectivity index (χ4v) is 3.77. The first kappa shape index (κ1) is 17.7. The number of pyridine rings is 1. The Morgan fingerprint density at radius 1 is 1.22 bits per heavy atom. The van der Waals surface area contributed by atoms with Crippen molar-refractivity contribution in [3.63, 3.8) is 0 Å². The summed E-state index contributed by atoms with van der Waals surface area (Å²) >= 11 is 0. The second-order valence-electron chi connectivity index (χ2n) is 7.48. The number of likely N-dealkylation sites (tertiary alicyclic amines) is 1. The van der Waals surface area contributed by atoms with Gasteiger partial charge < -0.3 is 4.90 Å². The molecule has 0 aliphatic carbocycles. The van der Waals surface area contributed by atoms with E-state index >= 15 is 0 Å². The lowest BCUT2D eigenvalue weighted by molar-refractivity contribution is 0.0698. The summed E-state index contributed by atoms with van der Waals surface area (Å²) in [4.78, 5) is 15.0. The standard InChI is InChI=1S/C20H26N6O/c1-4-26-17(13-16(23-26)14(2)3)20(27)24-11-8-15(9-12-24)19-22-21-18-7-5-6-10-25(18)19/h5-7,10,13-15H,4,8-9,11-12H2,1-3H3. The van der Waals surface area contributed by atoms with Gasteiger partial charge in [-0.1, -0.05) is 19.9 Å². The van der Waals surface area contributed by atoms with Crippen LogP contribution in [-0.4, -0.2) is 48.3 Å². The third-order valence-corrected chi connectivity index (χ3v) is 5.40. The molecule has 0 atom stereocenters. The highest BCUT2D eigenvalue weighted by molar-refractivity contribution is 5.92. The first-order chi connectivity index (χ1) is 13.1. The lowest BCUT2D eigenvalue weighted by Crippen LogP contribution is -2.39. The van der Waals surface area contributed by atoms with Crippen LogP contribution in [0.2, 0.25) is 0 Å². The smallest absolute Gasteiger partial charge is 0.272 e. The minimum atomic E-state index is 0.0841. The van der Waals surface area contributed by atoms with Crippen LogP contribution in [0.15, 0.2) is 30.5 Å². The molecule has 27 heavy (non-hydrogen) atoms. The van der Waals surface area contributed by atoms with Crippen molar-refractivity contribution in [3.8, 4) is 0 Å². The zero-order valence-electron chi connectivity index (χ0n) is 16.2. The zero-order chi connectivity index (χ0) is 19.0. The maximum Gasteiger partial charge on any atom is 0.272 e. The van der Waals surface area contributed by atoms with Gasteiger partial charge in [0, 0.05) is 31.7 Å². The maximum absolute atomic E-state index is 13.1. The van der Waals surface area contributed by atoms with Gasteiger partial charge in [0.25, 0.3) is 5.91 Å². The Morgan fingerprint density at radius 3 is 2.70 bits per heavy atom. The van der Waals surface area contributed by atoms with Crippen LogP contribution in [0.1, 0.15) is 67.5 Å². The summed E-state index contributed by atoms with van der Waals surface area (Å²) in [6, 6.07) is 7.88. The first-order valence-corrected chi connectivity index (χ1v) is 9.75. The minimum absolute atomic E-state index is 0.0841. The predicted molar refractivity (Wildman–Crippen MR) is 103 cm³/mol. The zero-order valence-corrected chi connectivity index (χ0v) is 16.2. The van der Waals surface area contributed by atoms with Crippen molar-refractivity contribution in [1.29, 1.82) is 0 Å². The summed E-state index contributed by atoms with van der Waals surface area (Å²) in [6.07, 6.45) is 3.81. The Kier molecular flexibility index (Phi) is 4.68. The highest BCUT2D eigenvalue weighted by Gasteiger charge is 2.29. The van der Waals surface area contributed by atoms with E-state index < -0.39 is 0 Å². The molecule has 0 unspecified atom stereocenters. The average molecular weight is 366 g/mol. The van der Waals surface area contributed by atoms with Crippen LogP contribution < -0.4 is 0 Å². The number of amides is 1. The molecule has 0 spiro atoms. The molecule has 4 heterocycles. The molecule has 3 aromatic heterocycles. The molecule has 1 aliphatic rings. The number of carbonyl (C=O) groups excluding carboxylic acids is 1. The summed E-state index contributed by atoms with van der Waals surface area (Å²) in [5.41, 5.74) is 2.55. The van der Waals surface area contributed by atoms with Gasteiger partial charge in [-0.3, -0.25) is 13.9 Å². The summed E-state index contributed by atoms with van der Waals surface area (Å²) in [6.45, 7) is 8.40. The highest BCUT2D eigenvalue weighted by Crippen LogP contribution is 2.28. The Hall–Kier alpha value is -2.70. The fourth-order valence-electron chi connectivity index (χ4n) is 3.77. The summed E-state index contributed by atoms with van der Waals surface area (Å²) in [5.74, 6) is 1.73. The predicted octanol–water partition coefficient (Wildman–Crippen LogP) is 3.09. The Morgan fingerprint density at radius 2 is 2.00 bits per heavy atom. The average Bonchev–Trinajstić information content (AvgIpc) is 3.32. The van der Waals surface area contributed by atoms with Crippen molar-refractivity contribution in [1.82, 2.24) is 29.3 Å². The summed E-state index contributed by atoms with van der Waals surface area (Å²) < 4.78 is 3.89. The largest absolute Gasteiger partial charge is 0.337 e. The number of aryl methyl sites for hydroxylation is 1. The van der Waals surface area contributed by atoms with Crippen molar-refractivity contribution >= 4 is 11.6 Å². The first-order valence-electron chi connectivity index (χ1n) is 9.75.